The van der Waals surface area contributed by atoms with Crippen molar-refractivity contribution < 1.29 is 31.5 Å². The van der Waals surface area contributed by atoms with Crippen molar-refractivity contribution in [2.75, 3.05) is 36.6 Å². The molecule has 0 fully saturated rings. The molecule has 4 heterocycles. The van der Waals surface area contributed by atoms with E-state index in [0.717, 1.165) is 10.6 Å². The van der Waals surface area contributed by atoms with Crippen molar-refractivity contribution in [3.8, 4) is 34.0 Å². The van der Waals surface area contributed by atoms with Crippen molar-refractivity contribution in [1.29, 1.82) is 0 Å². The summed E-state index contributed by atoms with van der Waals surface area (Å²) in [4.78, 5) is 18.3. The maximum Gasteiger partial charge on any atom is 0.255 e. The molecule has 13 heteroatoms. The summed E-state index contributed by atoms with van der Waals surface area (Å²) in [6.07, 6.45) is 1.05. The monoisotopic (exact) mass is 657 g/mol. The Morgan fingerprint density at radius 1 is 1.09 bits per heavy atom. The van der Waals surface area contributed by atoms with Gasteiger partial charge in [0.05, 0.1) is 40.1 Å². The molecule has 0 radical (unpaired) electrons. The Bertz CT molecular complexity index is 2330. The van der Waals surface area contributed by atoms with E-state index in [-0.39, 0.29) is 35.4 Å². The summed E-state index contributed by atoms with van der Waals surface area (Å²) in [5.74, 6) is -1.12. The molecule has 1 aliphatic heterocycles. The molecule has 3 aromatic heterocycles. The Morgan fingerprint density at radius 2 is 1.85 bits per heavy atom. The van der Waals surface area contributed by atoms with Crippen molar-refractivity contribution in [3.63, 3.8) is 0 Å². The minimum atomic E-state index is -3.78. The summed E-state index contributed by atoms with van der Waals surface area (Å²) in [6, 6.07) is 18.7. The highest BCUT2D eigenvalue weighted by atomic mass is 32.2. The molecule has 0 bridgehead atoms. The van der Waals surface area contributed by atoms with Crippen LogP contribution in [0.15, 0.2) is 77.2 Å². The van der Waals surface area contributed by atoms with Gasteiger partial charge in [0, 0.05) is 55.1 Å². The number of aromatic nitrogens is 2. The third-order valence-electron chi connectivity index (χ3n) is 8.48. The molecule has 3 aromatic carbocycles. The van der Waals surface area contributed by atoms with Crippen LogP contribution in [0.4, 0.5) is 20.2 Å². The quantitative estimate of drug-likeness (QED) is 0.189. The van der Waals surface area contributed by atoms with Gasteiger partial charge in [-0.05, 0) is 60.7 Å². The van der Waals surface area contributed by atoms with Crippen LogP contribution in [0.5, 0.6) is 0 Å². The lowest BCUT2D eigenvalue weighted by Crippen LogP contribution is -2.26. The number of carbonyl (C=O) groups excluding carboxylic acids is 1. The topological polar surface area (TPSA) is 130 Å². The molecule has 0 saturated heterocycles. The predicted octanol–water partition coefficient (Wildman–Crippen LogP) is 6.12. The van der Waals surface area contributed by atoms with E-state index in [4.69, 9.17) is 9.40 Å². The van der Waals surface area contributed by atoms with E-state index in [9.17, 15) is 27.1 Å². The molecular formula is C34H29F2N5O5S. The largest absolute Gasteiger partial charge is 0.455 e. The third kappa shape index (κ3) is 4.98. The number of nitrogens with zero attached hydrogens (tertiary/aromatic N) is 3. The van der Waals surface area contributed by atoms with Crippen LogP contribution in [-0.2, 0) is 10.0 Å². The molecule has 240 valence electrons. The summed E-state index contributed by atoms with van der Waals surface area (Å²) in [5, 5.41) is 16.6. The molecule has 1 aliphatic rings. The lowest BCUT2D eigenvalue weighted by atomic mass is 10.00. The van der Waals surface area contributed by atoms with E-state index in [1.165, 1.54) is 50.5 Å². The van der Waals surface area contributed by atoms with Gasteiger partial charge >= 0.3 is 0 Å². The fourth-order valence-corrected chi connectivity index (χ4v) is 6.66. The molecule has 0 aliphatic carbocycles. The summed E-state index contributed by atoms with van der Waals surface area (Å²) >= 11 is 0. The number of pyridine rings is 1. The van der Waals surface area contributed by atoms with Crippen molar-refractivity contribution >= 4 is 49.2 Å². The van der Waals surface area contributed by atoms with Crippen molar-refractivity contribution in [3.05, 3.63) is 90.0 Å². The number of benzene rings is 3. The normalized spacial score (nSPS) is 14.1. The van der Waals surface area contributed by atoms with Crippen molar-refractivity contribution in [2.24, 2.45) is 0 Å². The first-order valence-electron chi connectivity index (χ1n) is 14.7. The summed E-state index contributed by atoms with van der Waals surface area (Å²) in [6.45, 7) is -0.105. The maximum atomic E-state index is 15.0. The van der Waals surface area contributed by atoms with Crippen molar-refractivity contribution in [2.45, 2.75) is 12.6 Å². The molecule has 0 saturated carbocycles. The van der Waals surface area contributed by atoms with E-state index in [0.29, 0.717) is 56.6 Å². The maximum absolute atomic E-state index is 15.0. The molecule has 0 spiro atoms. The number of hydrogen-bond donors (Lipinski definition) is 3. The number of halogens is 2. The van der Waals surface area contributed by atoms with Gasteiger partial charge in [-0.15, -0.1) is 0 Å². The van der Waals surface area contributed by atoms with Crippen LogP contribution in [0.1, 0.15) is 22.9 Å². The number of sulfonamides is 1. The minimum Gasteiger partial charge on any atom is -0.455 e. The van der Waals surface area contributed by atoms with Gasteiger partial charge in [0.15, 0.2) is 0 Å². The fourth-order valence-electron chi connectivity index (χ4n) is 6.15. The zero-order valence-corrected chi connectivity index (χ0v) is 26.3. The Hall–Kier alpha value is -5.27. The second-order valence-electron chi connectivity index (χ2n) is 11.3. The molecule has 1 amide bonds. The molecule has 6 aromatic rings. The highest BCUT2D eigenvalue weighted by Gasteiger charge is 2.30. The van der Waals surface area contributed by atoms with Gasteiger partial charge in [0.25, 0.3) is 5.91 Å². The highest BCUT2D eigenvalue weighted by Crippen LogP contribution is 2.45. The Morgan fingerprint density at radius 3 is 2.55 bits per heavy atom. The van der Waals surface area contributed by atoms with Crippen LogP contribution >= 0.6 is 0 Å². The van der Waals surface area contributed by atoms with Gasteiger partial charge in [0.1, 0.15) is 34.8 Å². The van der Waals surface area contributed by atoms with Crippen molar-refractivity contribution in [1.82, 2.24) is 14.9 Å². The molecule has 7 rings (SSSR count). The number of amides is 1. The van der Waals surface area contributed by atoms with E-state index >= 15 is 0 Å². The minimum absolute atomic E-state index is 0.105. The fraction of sp³-hybridized carbons (Fsp3) is 0.176. The molecule has 1 atom stereocenters. The first-order chi connectivity index (χ1) is 22.5. The Labute approximate surface area is 268 Å². The van der Waals surface area contributed by atoms with Gasteiger partial charge in [-0.2, -0.15) is 0 Å². The summed E-state index contributed by atoms with van der Waals surface area (Å²) in [7, 11) is -0.892. The Balaban J connectivity index is 1.49. The molecular weight excluding hydrogens is 628 g/mol. The smallest absolute Gasteiger partial charge is 0.255 e. The SMILES string of the molecule is CNC(=O)c1c(-c2ccc(F)cc2)oc2cc(N(C)S(C)(=O)=O)c(-c3ccc4c(n3)-c3cc5c(F)cccc5n3C(CCO)N4)cc12. The zero-order chi connectivity index (χ0) is 33.2. The number of hydrogen-bond acceptors (Lipinski definition) is 7. The van der Waals surface area contributed by atoms with Gasteiger partial charge in [-0.1, -0.05) is 6.07 Å². The number of rotatable bonds is 7. The van der Waals surface area contributed by atoms with Gasteiger partial charge < -0.3 is 24.7 Å². The van der Waals surface area contributed by atoms with Gasteiger partial charge in [0.2, 0.25) is 10.0 Å². The molecule has 47 heavy (non-hydrogen) atoms. The number of anilines is 2. The standard InChI is InChI=1S/C34H29F2N5O5S/c1-37-34(43)31-22-15-21(27(40(2)47(3,44)45)17-29(22)46-33(31)18-7-9-19(35)10-8-18)24-11-12-25-32(39-24)28-16-20-23(36)5-4-6-26(20)41(28)30(38-25)13-14-42/h4-12,15-17,30,38,42H,13-14H2,1-3H3,(H,37,43). The van der Waals surface area contributed by atoms with E-state index in [1.807, 2.05) is 4.57 Å². The second kappa shape index (κ2) is 11.2. The lowest BCUT2D eigenvalue weighted by molar-refractivity contribution is 0.0964. The average Bonchev–Trinajstić information content (AvgIpc) is 3.63. The van der Waals surface area contributed by atoms with Crippen LogP contribution in [-0.4, -0.2) is 55.9 Å². The van der Waals surface area contributed by atoms with Crippen LogP contribution in [0.25, 0.3) is 55.8 Å². The first kappa shape index (κ1) is 30.4. The van der Waals surface area contributed by atoms with Crippen LogP contribution in [0, 0.1) is 11.6 Å². The van der Waals surface area contributed by atoms with Crippen LogP contribution in [0.2, 0.25) is 0 Å². The zero-order valence-electron chi connectivity index (χ0n) is 25.5. The second-order valence-corrected chi connectivity index (χ2v) is 13.3. The number of furan rings is 1. The number of aliphatic hydroxyl groups excluding tert-OH is 1. The van der Waals surface area contributed by atoms with E-state index < -0.39 is 27.6 Å². The number of nitrogens with one attached hydrogen (secondary N) is 2. The molecule has 3 N–H and O–H groups in total. The average molecular weight is 658 g/mol. The van der Waals surface area contributed by atoms with Crippen LogP contribution in [0.3, 0.4) is 0 Å². The Kier molecular flexibility index (Phi) is 7.25. The van der Waals surface area contributed by atoms with E-state index in [2.05, 4.69) is 10.6 Å². The summed E-state index contributed by atoms with van der Waals surface area (Å²) in [5.41, 5.74) is 4.27. The van der Waals surface area contributed by atoms with Crippen LogP contribution < -0.4 is 14.9 Å². The molecule has 10 nitrogen and oxygen atoms in total. The number of carbonyl (C=O) groups is 1. The first-order valence-corrected chi connectivity index (χ1v) is 16.6. The lowest BCUT2D eigenvalue weighted by Gasteiger charge is -2.30. The van der Waals surface area contributed by atoms with E-state index in [1.54, 1.807) is 36.4 Å². The highest BCUT2D eigenvalue weighted by molar-refractivity contribution is 7.92. The predicted molar refractivity (Wildman–Crippen MR) is 177 cm³/mol. The van der Waals surface area contributed by atoms with Gasteiger partial charge in [-0.3, -0.25) is 9.10 Å². The number of aliphatic hydroxyl groups is 1. The third-order valence-corrected chi connectivity index (χ3v) is 9.68. The van der Waals surface area contributed by atoms with Gasteiger partial charge in [-0.25, -0.2) is 22.2 Å². The summed E-state index contributed by atoms with van der Waals surface area (Å²) < 4.78 is 63.6. The number of fused-ring (bicyclic) bond motifs is 6. The molecule has 1 unspecified atom stereocenters.